The van der Waals surface area contributed by atoms with E-state index < -0.39 is 10.0 Å². The fourth-order valence-electron chi connectivity index (χ4n) is 2.14. The highest BCUT2D eigenvalue weighted by Crippen LogP contribution is 2.15. The second-order valence-electron chi connectivity index (χ2n) is 4.72. The summed E-state index contributed by atoms with van der Waals surface area (Å²) >= 11 is 0. The van der Waals surface area contributed by atoms with Crippen molar-refractivity contribution in [2.24, 2.45) is 0 Å². The molecule has 0 spiro atoms. The molecule has 1 unspecified atom stereocenters. The molecule has 1 amide bonds. The van der Waals surface area contributed by atoms with E-state index in [1.165, 1.54) is 19.2 Å². The van der Waals surface area contributed by atoms with Crippen molar-refractivity contribution in [3.63, 3.8) is 0 Å². The average Bonchev–Trinajstić information content (AvgIpc) is 2.48. The molecule has 0 radical (unpaired) electrons. The van der Waals surface area contributed by atoms with E-state index in [0.29, 0.717) is 5.69 Å². The number of amides is 1. The molecule has 2 rings (SSSR count). The molecule has 110 valence electrons. The fourth-order valence-corrected chi connectivity index (χ4v) is 2.87. The maximum Gasteiger partial charge on any atom is 0.241 e. The standard InChI is InChI=1S/C13H19N3O3S/c1-14-20(18,19)11-7-5-10(6-8-11)16-13(17)12-4-2-3-9-15-12/h5-8,12,14-15H,2-4,9H2,1H3,(H,16,17). The van der Waals surface area contributed by atoms with Gasteiger partial charge in [-0.25, -0.2) is 13.1 Å². The van der Waals surface area contributed by atoms with Crippen molar-refractivity contribution in [1.29, 1.82) is 0 Å². The number of piperidine rings is 1. The summed E-state index contributed by atoms with van der Waals surface area (Å²) in [6.45, 7) is 0.859. The van der Waals surface area contributed by atoms with Crippen molar-refractivity contribution in [3.05, 3.63) is 24.3 Å². The third-order valence-corrected chi connectivity index (χ3v) is 4.76. The van der Waals surface area contributed by atoms with Gasteiger partial charge in [0.2, 0.25) is 15.9 Å². The number of hydrogen-bond donors (Lipinski definition) is 3. The summed E-state index contributed by atoms with van der Waals surface area (Å²) in [5, 5.41) is 5.96. The Morgan fingerprint density at radius 2 is 1.95 bits per heavy atom. The van der Waals surface area contributed by atoms with Crippen LogP contribution in [0.25, 0.3) is 0 Å². The third kappa shape index (κ3) is 3.56. The van der Waals surface area contributed by atoms with Crippen molar-refractivity contribution in [1.82, 2.24) is 10.0 Å². The number of benzene rings is 1. The van der Waals surface area contributed by atoms with Crippen LogP contribution in [0.1, 0.15) is 19.3 Å². The molecule has 1 saturated heterocycles. The van der Waals surface area contributed by atoms with Gasteiger partial charge in [0.05, 0.1) is 10.9 Å². The lowest BCUT2D eigenvalue weighted by Gasteiger charge is -2.22. The quantitative estimate of drug-likeness (QED) is 0.762. The number of anilines is 1. The molecule has 1 aromatic rings. The summed E-state index contributed by atoms with van der Waals surface area (Å²) in [5.74, 6) is -0.0751. The second-order valence-corrected chi connectivity index (χ2v) is 6.61. The van der Waals surface area contributed by atoms with Crippen LogP contribution >= 0.6 is 0 Å². The zero-order chi connectivity index (χ0) is 14.6. The molecule has 0 saturated carbocycles. The molecular weight excluding hydrogens is 278 g/mol. The predicted molar refractivity (Wildman–Crippen MR) is 77.0 cm³/mol. The third-order valence-electron chi connectivity index (χ3n) is 3.33. The van der Waals surface area contributed by atoms with Crippen LogP contribution in [-0.2, 0) is 14.8 Å². The Balaban J connectivity index is 2.02. The largest absolute Gasteiger partial charge is 0.325 e. The second kappa shape index (κ2) is 6.34. The van der Waals surface area contributed by atoms with E-state index >= 15 is 0 Å². The minimum Gasteiger partial charge on any atom is -0.325 e. The van der Waals surface area contributed by atoms with E-state index in [9.17, 15) is 13.2 Å². The van der Waals surface area contributed by atoms with Gasteiger partial charge in [-0.05, 0) is 50.7 Å². The van der Waals surface area contributed by atoms with Gasteiger partial charge in [-0.1, -0.05) is 6.42 Å². The molecule has 20 heavy (non-hydrogen) atoms. The maximum atomic E-state index is 12.0. The molecule has 7 heteroatoms. The van der Waals surface area contributed by atoms with Crippen LogP contribution in [0.2, 0.25) is 0 Å². The van der Waals surface area contributed by atoms with Gasteiger partial charge in [0, 0.05) is 5.69 Å². The lowest BCUT2D eigenvalue weighted by molar-refractivity contribution is -0.118. The first-order chi connectivity index (χ1) is 9.53. The first kappa shape index (κ1) is 15.0. The Hall–Kier alpha value is -1.44. The zero-order valence-electron chi connectivity index (χ0n) is 11.3. The summed E-state index contributed by atoms with van der Waals surface area (Å²) in [6.07, 6.45) is 2.98. The number of hydrogen-bond acceptors (Lipinski definition) is 4. The van der Waals surface area contributed by atoms with Crippen molar-refractivity contribution in [2.45, 2.75) is 30.2 Å². The Labute approximate surface area is 119 Å². The molecule has 1 aromatic carbocycles. The Morgan fingerprint density at radius 1 is 1.25 bits per heavy atom. The molecule has 1 aliphatic heterocycles. The van der Waals surface area contributed by atoms with Crippen LogP contribution in [-0.4, -0.2) is 34.0 Å². The van der Waals surface area contributed by atoms with Crippen LogP contribution in [0, 0.1) is 0 Å². The summed E-state index contributed by atoms with van der Waals surface area (Å²) in [7, 11) is -2.08. The number of carbonyl (C=O) groups is 1. The Kier molecular flexibility index (Phi) is 4.74. The average molecular weight is 297 g/mol. The topological polar surface area (TPSA) is 87.3 Å². The van der Waals surface area contributed by atoms with Gasteiger partial charge in [-0.15, -0.1) is 0 Å². The van der Waals surface area contributed by atoms with Crippen molar-refractivity contribution in [3.8, 4) is 0 Å². The maximum absolute atomic E-state index is 12.0. The SMILES string of the molecule is CNS(=O)(=O)c1ccc(NC(=O)C2CCCCN2)cc1. The molecule has 0 aliphatic carbocycles. The highest BCUT2D eigenvalue weighted by Gasteiger charge is 2.20. The fraction of sp³-hybridized carbons (Fsp3) is 0.462. The van der Waals surface area contributed by atoms with Crippen molar-refractivity contribution < 1.29 is 13.2 Å². The van der Waals surface area contributed by atoms with Gasteiger partial charge in [0.15, 0.2) is 0 Å². The normalized spacial score (nSPS) is 19.6. The minimum atomic E-state index is -3.44. The van der Waals surface area contributed by atoms with E-state index in [-0.39, 0.29) is 16.8 Å². The van der Waals surface area contributed by atoms with Crippen molar-refractivity contribution >= 4 is 21.6 Å². The molecule has 0 aromatic heterocycles. The lowest BCUT2D eigenvalue weighted by Crippen LogP contribution is -2.43. The number of sulfonamides is 1. The van der Waals surface area contributed by atoms with E-state index in [1.54, 1.807) is 12.1 Å². The molecule has 3 N–H and O–H groups in total. The summed E-state index contributed by atoms with van der Waals surface area (Å²) in [6, 6.07) is 5.95. The van der Waals surface area contributed by atoms with Gasteiger partial charge in [-0.3, -0.25) is 4.79 Å². The van der Waals surface area contributed by atoms with Gasteiger partial charge in [-0.2, -0.15) is 0 Å². The van der Waals surface area contributed by atoms with E-state index in [4.69, 9.17) is 0 Å². The van der Waals surface area contributed by atoms with E-state index in [1.807, 2.05) is 0 Å². The number of nitrogens with one attached hydrogen (secondary N) is 3. The predicted octanol–water partition coefficient (Wildman–Crippen LogP) is 0.675. The number of carbonyl (C=O) groups excluding carboxylic acids is 1. The Bertz CT molecular complexity index is 563. The zero-order valence-corrected chi connectivity index (χ0v) is 12.2. The highest BCUT2D eigenvalue weighted by atomic mass is 32.2. The molecule has 6 nitrogen and oxygen atoms in total. The van der Waals surface area contributed by atoms with Crippen LogP contribution < -0.4 is 15.4 Å². The highest BCUT2D eigenvalue weighted by molar-refractivity contribution is 7.89. The van der Waals surface area contributed by atoms with E-state index in [2.05, 4.69) is 15.4 Å². The lowest BCUT2D eigenvalue weighted by atomic mass is 10.0. The molecule has 1 fully saturated rings. The molecule has 1 aliphatic rings. The first-order valence-corrected chi connectivity index (χ1v) is 8.09. The molecule has 0 bridgehead atoms. The summed E-state index contributed by atoms with van der Waals surface area (Å²) < 4.78 is 25.4. The van der Waals surface area contributed by atoms with Gasteiger partial charge < -0.3 is 10.6 Å². The van der Waals surface area contributed by atoms with Crippen LogP contribution in [0.3, 0.4) is 0 Å². The molecule has 1 atom stereocenters. The van der Waals surface area contributed by atoms with Crippen molar-refractivity contribution in [2.75, 3.05) is 18.9 Å². The van der Waals surface area contributed by atoms with Crippen LogP contribution in [0.15, 0.2) is 29.2 Å². The first-order valence-electron chi connectivity index (χ1n) is 6.61. The van der Waals surface area contributed by atoms with Gasteiger partial charge in [0.1, 0.15) is 0 Å². The van der Waals surface area contributed by atoms with E-state index in [0.717, 1.165) is 25.8 Å². The summed E-state index contributed by atoms with van der Waals surface area (Å²) in [5.41, 5.74) is 0.595. The van der Waals surface area contributed by atoms with Crippen LogP contribution in [0.5, 0.6) is 0 Å². The molecular formula is C13H19N3O3S. The monoisotopic (exact) mass is 297 g/mol. The van der Waals surface area contributed by atoms with Gasteiger partial charge >= 0.3 is 0 Å². The molecule has 1 heterocycles. The number of rotatable bonds is 4. The smallest absolute Gasteiger partial charge is 0.241 e. The van der Waals surface area contributed by atoms with Crippen LogP contribution in [0.4, 0.5) is 5.69 Å². The Morgan fingerprint density at radius 3 is 2.50 bits per heavy atom. The summed E-state index contributed by atoms with van der Waals surface area (Å²) in [4.78, 5) is 12.2. The van der Waals surface area contributed by atoms with Gasteiger partial charge in [0.25, 0.3) is 0 Å². The minimum absolute atomic E-state index is 0.0751.